The third-order valence-corrected chi connectivity index (χ3v) is 6.78. The molecule has 0 radical (unpaired) electrons. The lowest BCUT2D eigenvalue weighted by Gasteiger charge is -2.56. The van der Waals surface area contributed by atoms with Crippen LogP contribution < -0.4 is 19.6 Å². The van der Waals surface area contributed by atoms with Gasteiger partial charge in [0.05, 0.1) is 13.3 Å². The maximum absolute atomic E-state index is 12.5. The molecule has 0 atom stereocenters. The van der Waals surface area contributed by atoms with Gasteiger partial charge in [-0.2, -0.15) is 5.10 Å². The number of amides is 1. The van der Waals surface area contributed by atoms with Gasteiger partial charge < -0.3 is 14.2 Å². The van der Waals surface area contributed by atoms with E-state index in [1.54, 1.807) is 13.3 Å². The van der Waals surface area contributed by atoms with E-state index in [-0.39, 0.29) is 18.1 Å². The Bertz CT molecular complexity index is 753. The molecule has 1 N–H and O–H groups in total. The Kier molecular flexibility index (Phi) is 4.02. The SMILES string of the molecule is COc1cc(/C=N\NC(=O)CC23CC4CC(CC(C4)C2)C3)cc2c1OCO2. The second kappa shape index (κ2) is 6.43. The van der Waals surface area contributed by atoms with Crippen LogP contribution in [-0.4, -0.2) is 26.0 Å². The Morgan fingerprint density at radius 3 is 2.59 bits per heavy atom. The number of hydrazone groups is 1. The van der Waals surface area contributed by atoms with Gasteiger partial charge in [-0.25, -0.2) is 5.43 Å². The molecule has 6 nitrogen and oxygen atoms in total. The molecule has 0 aromatic heterocycles. The fourth-order valence-electron chi connectivity index (χ4n) is 6.29. The lowest BCUT2D eigenvalue weighted by Crippen LogP contribution is -2.47. The molecule has 4 fully saturated rings. The minimum Gasteiger partial charge on any atom is -0.493 e. The Balaban J connectivity index is 1.22. The predicted molar refractivity (Wildman–Crippen MR) is 100 cm³/mol. The van der Waals surface area contributed by atoms with E-state index in [1.165, 1.54) is 38.5 Å². The van der Waals surface area contributed by atoms with E-state index in [0.717, 1.165) is 23.3 Å². The van der Waals surface area contributed by atoms with Crippen LogP contribution in [0.5, 0.6) is 17.2 Å². The number of nitrogens with zero attached hydrogens (tertiary/aromatic N) is 1. The summed E-state index contributed by atoms with van der Waals surface area (Å²) >= 11 is 0. The number of benzene rings is 1. The van der Waals surface area contributed by atoms with E-state index in [0.29, 0.717) is 23.7 Å². The first kappa shape index (κ1) is 16.9. The van der Waals surface area contributed by atoms with Crippen molar-refractivity contribution in [3.05, 3.63) is 17.7 Å². The topological polar surface area (TPSA) is 69.2 Å². The highest BCUT2D eigenvalue weighted by Crippen LogP contribution is 2.61. The highest BCUT2D eigenvalue weighted by molar-refractivity contribution is 5.84. The molecular weight excluding hydrogens is 344 g/mol. The highest BCUT2D eigenvalue weighted by Gasteiger charge is 2.51. The van der Waals surface area contributed by atoms with Crippen molar-refractivity contribution in [2.75, 3.05) is 13.9 Å². The average molecular weight is 370 g/mol. The minimum absolute atomic E-state index is 0.0286. The van der Waals surface area contributed by atoms with E-state index < -0.39 is 0 Å². The molecule has 144 valence electrons. The number of hydrogen-bond acceptors (Lipinski definition) is 5. The molecule has 1 aromatic carbocycles. The van der Waals surface area contributed by atoms with E-state index in [1.807, 2.05) is 12.1 Å². The lowest BCUT2D eigenvalue weighted by molar-refractivity contribution is -0.129. The van der Waals surface area contributed by atoms with Gasteiger partial charge in [-0.05, 0) is 73.8 Å². The second-order valence-corrected chi connectivity index (χ2v) is 8.84. The fraction of sp³-hybridized carbons (Fsp3) is 0.619. The van der Waals surface area contributed by atoms with Crippen LogP contribution in [0.2, 0.25) is 0 Å². The maximum Gasteiger partial charge on any atom is 0.240 e. The average Bonchev–Trinajstić information content (AvgIpc) is 3.08. The third-order valence-electron chi connectivity index (χ3n) is 6.78. The summed E-state index contributed by atoms with van der Waals surface area (Å²) in [5, 5.41) is 4.16. The van der Waals surface area contributed by atoms with Gasteiger partial charge in [0.2, 0.25) is 18.4 Å². The summed E-state index contributed by atoms with van der Waals surface area (Å²) in [5.74, 6) is 4.44. The molecule has 4 aliphatic carbocycles. The number of carbonyl (C=O) groups excluding carboxylic acids is 1. The summed E-state index contributed by atoms with van der Waals surface area (Å²) in [6, 6.07) is 3.65. The zero-order valence-corrected chi connectivity index (χ0v) is 15.7. The van der Waals surface area contributed by atoms with Crippen molar-refractivity contribution in [1.29, 1.82) is 0 Å². The van der Waals surface area contributed by atoms with Crippen molar-refractivity contribution in [2.45, 2.75) is 44.9 Å². The van der Waals surface area contributed by atoms with Crippen molar-refractivity contribution in [3.63, 3.8) is 0 Å². The van der Waals surface area contributed by atoms with Crippen molar-refractivity contribution in [3.8, 4) is 17.2 Å². The van der Waals surface area contributed by atoms with Gasteiger partial charge in [0.15, 0.2) is 11.5 Å². The molecule has 0 unspecified atom stereocenters. The zero-order chi connectivity index (χ0) is 18.4. The summed E-state index contributed by atoms with van der Waals surface area (Å²) in [6.07, 6.45) is 10.1. The van der Waals surface area contributed by atoms with Gasteiger partial charge in [-0.3, -0.25) is 4.79 Å². The van der Waals surface area contributed by atoms with Crippen LogP contribution in [0.15, 0.2) is 17.2 Å². The summed E-state index contributed by atoms with van der Waals surface area (Å²) in [4.78, 5) is 12.5. The second-order valence-electron chi connectivity index (χ2n) is 8.84. The molecular formula is C21H26N2O4. The molecule has 6 rings (SSSR count). The molecule has 4 bridgehead atoms. The normalized spacial score (nSPS) is 32.9. The number of rotatable bonds is 5. The van der Waals surface area contributed by atoms with Crippen molar-refractivity contribution < 1.29 is 19.0 Å². The number of ether oxygens (including phenoxy) is 3. The number of hydrogen-bond donors (Lipinski definition) is 1. The summed E-state index contributed by atoms with van der Waals surface area (Å²) in [5.41, 5.74) is 3.76. The molecule has 0 saturated heterocycles. The molecule has 5 aliphatic rings. The van der Waals surface area contributed by atoms with Gasteiger partial charge in [-0.1, -0.05) is 0 Å². The van der Waals surface area contributed by atoms with Crippen LogP contribution in [0.25, 0.3) is 0 Å². The molecule has 1 amide bonds. The number of methoxy groups -OCH3 is 1. The molecule has 27 heavy (non-hydrogen) atoms. The fourth-order valence-corrected chi connectivity index (χ4v) is 6.29. The maximum atomic E-state index is 12.5. The van der Waals surface area contributed by atoms with Gasteiger partial charge in [0.1, 0.15) is 0 Å². The Labute approximate surface area is 159 Å². The van der Waals surface area contributed by atoms with Gasteiger partial charge in [-0.15, -0.1) is 0 Å². The van der Waals surface area contributed by atoms with E-state index in [2.05, 4.69) is 10.5 Å². The summed E-state index contributed by atoms with van der Waals surface area (Å²) < 4.78 is 16.1. The van der Waals surface area contributed by atoms with Gasteiger partial charge in [0.25, 0.3) is 0 Å². The van der Waals surface area contributed by atoms with Crippen LogP contribution in [0.3, 0.4) is 0 Å². The summed E-state index contributed by atoms with van der Waals surface area (Å²) in [7, 11) is 1.59. The zero-order valence-electron chi connectivity index (χ0n) is 15.7. The molecule has 0 spiro atoms. The third kappa shape index (κ3) is 3.15. The van der Waals surface area contributed by atoms with Crippen molar-refractivity contribution >= 4 is 12.1 Å². The number of nitrogens with one attached hydrogen (secondary N) is 1. The molecule has 6 heteroatoms. The first-order valence-corrected chi connectivity index (χ1v) is 9.92. The quantitative estimate of drug-likeness (QED) is 0.636. The van der Waals surface area contributed by atoms with Crippen molar-refractivity contribution in [2.24, 2.45) is 28.3 Å². The monoisotopic (exact) mass is 370 g/mol. The largest absolute Gasteiger partial charge is 0.493 e. The predicted octanol–water partition coefficient (Wildman–Crippen LogP) is 3.48. The van der Waals surface area contributed by atoms with E-state index in [9.17, 15) is 4.79 Å². The Hall–Kier alpha value is -2.24. The van der Waals surface area contributed by atoms with Crippen LogP contribution in [0, 0.1) is 23.2 Å². The molecule has 4 saturated carbocycles. The first-order chi connectivity index (χ1) is 13.1. The Morgan fingerprint density at radius 1 is 1.22 bits per heavy atom. The molecule has 1 aromatic rings. The van der Waals surface area contributed by atoms with E-state index in [4.69, 9.17) is 14.2 Å². The number of carbonyl (C=O) groups is 1. The summed E-state index contributed by atoms with van der Waals surface area (Å²) in [6.45, 7) is 0.189. The van der Waals surface area contributed by atoms with Crippen LogP contribution in [-0.2, 0) is 4.79 Å². The van der Waals surface area contributed by atoms with Gasteiger partial charge >= 0.3 is 0 Å². The highest BCUT2D eigenvalue weighted by atomic mass is 16.7. The minimum atomic E-state index is 0.0286. The van der Waals surface area contributed by atoms with Gasteiger partial charge in [0, 0.05) is 12.0 Å². The van der Waals surface area contributed by atoms with Crippen molar-refractivity contribution in [1.82, 2.24) is 5.43 Å². The van der Waals surface area contributed by atoms with Crippen LogP contribution in [0.1, 0.15) is 50.5 Å². The smallest absolute Gasteiger partial charge is 0.240 e. The standard InChI is InChI=1S/C21H26N2O4/c1-25-17-5-16(6-18-20(17)27-12-26-18)11-22-23-19(24)10-21-7-13-2-14(8-21)4-15(3-13)9-21/h5-6,11,13-15H,2-4,7-10,12H2,1H3,(H,23,24)/b22-11-. The van der Waals surface area contributed by atoms with Crippen LogP contribution in [0.4, 0.5) is 0 Å². The first-order valence-electron chi connectivity index (χ1n) is 9.92. The van der Waals surface area contributed by atoms with Crippen LogP contribution >= 0.6 is 0 Å². The molecule has 1 heterocycles. The molecule has 1 aliphatic heterocycles. The number of fused-ring (bicyclic) bond motifs is 1. The Morgan fingerprint density at radius 2 is 1.93 bits per heavy atom. The van der Waals surface area contributed by atoms with E-state index >= 15 is 0 Å². The lowest BCUT2D eigenvalue weighted by atomic mass is 9.49.